The van der Waals surface area contributed by atoms with Gasteiger partial charge in [-0.15, -0.1) is 0 Å². The predicted molar refractivity (Wildman–Crippen MR) is 257 cm³/mol. The van der Waals surface area contributed by atoms with Crippen molar-refractivity contribution >= 4 is 57.2 Å². The Morgan fingerprint density at radius 1 is 0.266 bits per heavy atom. The molecule has 0 saturated heterocycles. The topological polar surface area (TPSA) is 62.7 Å². The Balaban J connectivity index is 1.08. The van der Waals surface area contributed by atoms with Gasteiger partial charge in [0.15, 0.2) is 11.5 Å². The largest absolute Gasteiger partial charge is 0.455 e. The summed E-state index contributed by atoms with van der Waals surface area (Å²) >= 11 is 0. The van der Waals surface area contributed by atoms with Crippen LogP contribution in [0.5, 0.6) is 46.3 Å². The number of para-hydroxylation sites is 4. The average Bonchev–Trinajstić information content (AvgIpc) is 3.36. The van der Waals surface area contributed by atoms with Gasteiger partial charge in [0, 0.05) is 33.2 Å². The summed E-state index contributed by atoms with van der Waals surface area (Å²) in [6.07, 6.45) is 0. The lowest BCUT2D eigenvalue weighted by atomic mass is 9.34. The first-order valence-corrected chi connectivity index (χ1v) is 21.6. The molecule has 10 aromatic rings. The zero-order valence-electron chi connectivity index (χ0n) is 34.2. The fourth-order valence-corrected chi connectivity index (χ4v) is 10.4. The highest BCUT2D eigenvalue weighted by Gasteiger charge is 2.48. The van der Waals surface area contributed by atoms with Crippen molar-refractivity contribution in [3.63, 3.8) is 0 Å². The van der Waals surface area contributed by atoms with E-state index in [1.165, 1.54) is 0 Å². The zero-order valence-corrected chi connectivity index (χ0v) is 34.2. The molecule has 0 atom stereocenters. The maximum absolute atomic E-state index is 7.32. The number of pyridine rings is 2. The van der Waals surface area contributed by atoms with Crippen LogP contribution in [0, 0.1) is 0 Å². The fraction of sp³-hybridized carbons (Fsp3) is 0. The van der Waals surface area contributed by atoms with Gasteiger partial charge < -0.3 is 18.9 Å². The SMILES string of the molecule is c1ccc(-c2cccc3c2Oc2nc4c5c6c(nc4c4c2B3c2cccc(-c3ccccc3)c2O4)Oc2c(cccc2-c2ccccc2)B6c2cccc(-c3ccccc3)c2O5)cc1. The molecule has 0 radical (unpaired) electrons. The minimum absolute atomic E-state index is 0.277. The second-order valence-corrected chi connectivity index (χ2v) is 16.7. The highest BCUT2D eigenvalue weighted by molar-refractivity contribution is 6.99. The van der Waals surface area contributed by atoms with Crippen molar-refractivity contribution in [2.45, 2.75) is 0 Å². The molecule has 6 heterocycles. The molecule has 0 spiro atoms. The van der Waals surface area contributed by atoms with Crippen molar-refractivity contribution in [1.82, 2.24) is 9.97 Å². The summed E-state index contributed by atoms with van der Waals surface area (Å²) in [6, 6.07) is 67.2. The molecule has 14 rings (SSSR count). The van der Waals surface area contributed by atoms with Gasteiger partial charge in [0.05, 0.1) is 0 Å². The summed E-state index contributed by atoms with van der Waals surface area (Å²) in [6.45, 7) is -0.553. The number of benzene rings is 8. The van der Waals surface area contributed by atoms with Gasteiger partial charge in [-0.1, -0.05) is 194 Å². The number of hydrogen-bond donors (Lipinski definition) is 0. The summed E-state index contributed by atoms with van der Waals surface area (Å²) in [5.74, 6) is 5.14. The smallest absolute Gasteiger partial charge is 0.263 e. The molecule has 0 N–H and O–H groups in total. The van der Waals surface area contributed by atoms with Gasteiger partial charge in [0.2, 0.25) is 11.8 Å². The number of rotatable bonds is 4. The molecule has 2 aromatic heterocycles. The van der Waals surface area contributed by atoms with Crippen molar-refractivity contribution in [2.24, 2.45) is 0 Å². The van der Waals surface area contributed by atoms with Gasteiger partial charge in [0.25, 0.3) is 13.4 Å². The molecule has 0 saturated carbocycles. The van der Waals surface area contributed by atoms with Crippen LogP contribution in [0.25, 0.3) is 55.5 Å². The molecule has 6 nitrogen and oxygen atoms in total. The summed E-state index contributed by atoms with van der Waals surface area (Å²) < 4.78 is 28.9. The van der Waals surface area contributed by atoms with Gasteiger partial charge in [-0.3, -0.25) is 0 Å². The van der Waals surface area contributed by atoms with Crippen LogP contribution in [0.1, 0.15) is 0 Å². The standard InChI is InChI=1S/C56H32B2N2O4/c1-5-17-33(18-6-1)37-25-13-29-41-49(37)61-53-45-55(63-51-39(35-21-9-3-10-22-35)27-15-31-43(51)57(41)45)60-48-47(53)59-56-46-54(48)62-50-38(34-19-7-2-8-20-34)26-14-30-42(50)58(46)44-32-16-28-40(52(44)64-56)36-23-11-4-12-24-36/h1-32H. The third-order valence-corrected chi connectivity index (χ3v) is 13.2. The number of fused-ring (bicyclic) bond motifs is 11. The average molecular weight is 819 g/mol. The van der Waals surface area contributed by atoms with Crippen LogP contribution in [0.15, 0.2) is 194 Å². The van der Waals surface area contributed by atoms with Crippen LogP contribution >= 0.6 is 0 Å². The lowest BCUT2D eigenvalue weighted by molar-refractivity contribution is 0.444. The van der Waals surface area contributed by atoms with Gasteiger partial charge in [0.1, 0.15) is 34.0 Å². The van der Waals surface area contributed by atoms with E-state index in [-0.39, 0.29) is 13.4 Å². The Morgan fingerprint density at radius 3 is 0.844 bits per heavy atom. The lowest BCUT2D eigenvalue weighted by Gasteiger charge is -2.36. The monoisotopic (exact) mass is 818 g/mol. The molecule has 4 aliphatic heterocycles. The molecule has 0 aliphatic carbocycles. The Labute approximate surface area is 369 Å². The number of nitrogens with zero attached hydrogens (tertiary/aromatic N) is 2. The molecule has 0 bridgehead atoms. The normalized spacial score (nSPS) is 13.1. The Morgan fingerprint density at radius 2 is 0.547 bits per heavy atom. The quantitative estimate of drug-likeness (QED) is 0.165. The highest BCUT2D eigenvalue weighted by atomic mass is 16.5. The second-order valence-electron chi connectivity index (χ2n) is 16.7. The third-order valence-electron chi connectivity index (χ3n) is 13.2. The summed E-state index contributed by atoms with van der Waals surface area (Å²) in [5.41, 5.74) is 15.0. The Kier molecular flexibility index (Phi) is 7.48. The van der Waals surface area contributed by atoms with Gasteiger partial charge in [-0.25, -0.2) is 9.97 Å². The molecule has 0 fully saturated rings. The summed E-state index contributed by atoms with van der Waals surface area (Å²) in [5, 5.41) is 0. The van der Waals surface area contributed by atoms with Crippen molar-refractivity contribution < 1.29 is 18.9 Å². The van der Waals surface area contributed by atoms with Gasteiger partial charge >= 0.3 is 0 Å². The van der Waals surface area contributed by atoms with E-state index >= 15 is 0 Å². The van der Waals surface area contributed by atoms with Crippen molar-refractivity contribution in [1.29, 1.82) is 0 Å². The molecular weight excluding hydrogens is 786 g/mol. The van der Waals surface area contributed by atoms with Gasteiger partial charge in [-0.05, 0) is 44.1 Å². The summed E-state index contributed by atoms with van der Waals surface area (Å²) in [7, 11) is 0. The van der Waals surface area contributed by atoms with E-state index in [9.17, 15) is 0 Å². The van der Waals surface area contributed by atoms with Crippen molar-refractivity contribution in [3.05, 3.63) is 194 Å². The molecule has 8 heteroatoms. The van der Waals surface area contributed by atoms with Crippen LogP contribution in [-0.4, -0.2) is 23.4 Å². The van der Waals surface area contributed by atoms with E-state index in [1.54, 1.807) is 0 Å². The van der Waals surface area contributed by atoms with E-state index in [2.05, 4.69) is 170 Å². The number of ether oxygens (including phenoxy) is 4. The van der Waals surface area contributed by atoms with Crippen LogP contribution in [0.4, 0.5) is 0 Å². The van der Waals surface area contributed by atoms with Crippen molar-refractivity contribution in [2.75, 3.05) is 0 Å². The van der Waals surface area contributed by atoms with Crippen LogP contribution in [0.3, 0.4) is 0 Å². The number of hydrogen-bond acceptors (Lipinski definition) is 6. The third kappa shape index (κ3) is 5.05. The maximum atomic E-state index is 7.32. The molecule has 8 aromatic carbocycles. The predicted octanol–water partition coefficient (Wildman–Crippen LogP) is 9.75. The van der Waals surface area contributed by atoms with E-state index in [0.29, 0.717) is 34.3 Å². The first-order valence-electron chi connectivity index (χ1n) is 21.6. The van der Waals surface area contributed by atoms with Gasteiger partial charge in [-0.2, -0.15) is 0 Å². The van der Waals surface area contributed by atoms with E-state index in [1.807, 2.05) is 24.3 Å². The fourth-order valence-electron chi connectivity index (χ4n) is 10.4. The minimum atomic E-state index is -0.277. The summed E-state index contributed by atoms with van der Waals surface area (Å²) in [4.78, 5) is 11.0. The maximum Gasteiger partial charge on any atom is 0.263 e. The second kappa shape index (κ2) is 13.6. The molecule has 64 heavy (non-hydrogen) atoms. The minimum Gasteiger partial charge on any atom is -0.455 e. The molecule has 296 valence electrons. The molecule has 0 amide bonds. The first-order chi connectivity index (χ1) is 31.8. The van der Waals surface area contributed by atoms with E-state index < -0.39 is 0 Å². The lowest BCUT2D eigenvalue weighted by Crippen LogP contribution is -2.58. The highest BCUT2D eigenvalue weighted by Crippen LogP contribution is 2.48. The van der Waals surface area contributed by atoms with Crippen LogP contribution < -0.4 is 51.7 Å². The Hall–Kier alpha value is -8.35. The molecule has 4 aliphatic rings. The molecular formula is C56H32B2N2O4. The van der Waals surface area contributed by atoms with E-state index in [0.717, 1.165) is 100 Å². The molecule has 0 unspecified atom stereocenters. The first kappa shape index (κ1) is 35.3. The van der Waals surface area contributed by atoms with Crippen molar-refractivity contribution in [3.8, 4) is 90.8 Å². The Bertz CT molecular complexity index is 3310. The zero-order chi connectivity index (χ0) is 41.9. The number of aromatic nitrogens is 2. The van der Waals surface area contributed by atoms with E-state index in [4.69, 9.17) is 28.9 Å². The van der Waals surface area contributed by atoms with Crippen LogP contribution in [-0.2, 0) is 0 Å². The van der Waals surface area contributed by atoms with Crippen LogP contribution in [0.2, 0.25) is 0 Å².